The van der Waals surface area contributed by atoms with E-state index < -0.39 is 0 Å². The Kier molecular flexibility index (Phi) is 4.83. The van der Waals surface area contributed by atoms with E-state index in [4.69, 9.17) is 0 Å². The number of nitrogens with one attached hydrogen (secondary N) is 2. The molecule has 6 heteroatoms. The van der Waals surface area contributed by atoms with Crippen molar-refractivity contribution in [2.75, 3.05) is 0 Å². The summed E-state index contributed by atoms with van der Waals surface area (Å²) in [6.07, 6.45) is 7.25. The van der Waals surface area contributed by atoms with Gasteiger partial charge in [-0.15, -0.1) is 0 Å². The number of nitrogens with zero attached hydrogens (tertiary/aromatic N) is 3. The molecule has 1 aliphatic rings. The van der Waals surface area contributed by atoms with E-state index in [-0.39, 0.29) is 11.9 Å². The van der Waals surface area contributed by atoms with Gasteiger partial charge in [-0.05, 0) is 48.1 Å². The smallest absolute Gasteiger partial charge is 0.219 e. The van der Waals surface area contributed by atoms with Crippen molar-refractivity contribution in [1.29, 1.82) is 0 Å². The predicted molar refractivity (Wildman–Crippen MR) is 118 cm³/mol. The predicted octanol–water partition coefficient (Wildman–Crippen LogP) is 4.71. The highest BCUT2D eigenvalue weighted by molar-refractivity contribution is 5.94. The van der Waals surface area contributed by atoms with Crippen LogP contribution in [-0.2, 0) is 4.79 Å². The molecule has 2 aromatic heterocycles. The molecule has 2 atom stereocenters. The average Bonchev–Trinajstić information content (AvgIpc) is 3.53. The molecule has 2 N–H and O–H groups in total. The van der Waals surface area contributed by atoms with Crippen molar-refractivity contribution in [2.45, 2.75) is 44.7 Å². The number of hydrogen-bond donors (Lipinski definition) is 2. The fourth-order valence-corrected chi connectivity index (χ4v) is 4.51. The van der Waals surface area contributed by atoms with Crippen LogP contribution in [0, 0.1) is 0 Å². The minimum absolute atomic E-state index is 0.129. The zero-order chi connectivity index (χ0) is 20.5. The maximum Gasteiger partial charge on any atom is 0.219 e. The third kappa shape index (κ3) is 3.38. The minimum Gasteiger partial charge on any atom is -0.353 e. The minimum atomic E-state index is 0.129. The molecule has 4 aromatic rings. The summed E-state index contributed by atoms with van der Waals surface area (Å²) in [5.74, 6) is 0.129. The lowest BCUT2D eigenvalue weighted by Gasteiger charge is -2.16. The second kappa shape index (κ2) is 7.78. The van der Waals surface area contributed by atoms with Crippen molar-refractivity contribution in [1.82, 2.24) is 25.3 Å². The molecule has 1 unspecified atom stereocenters. The van der Waals surface area contributed by atoms with Crippen LogP contribution in [0.25, 0.3) is 33.3 Å². The number of aromatic amines is 1. The molecule has 5 rings (SSSR count). The summed E-state index contributed by atoms with van der Waals surface area (Å²) >= 11 is 0. The lowest BCUT2D eigenvalue weighted by atomic mass is 10.00. The lowest BCUT2D eigenvalue weighted by molar-refractivity contribution is -0.121. The highest BCUT2D eigenvalue weighted by atomic mass is 16.1. The Morgan fingerprint density at radius 2 is 1.97 bits per heavy atom. The number of rotatable bonds is 5. The number of H-pyrrole nitrogens is 1. The maximum atomic E-state index is 11.7. The summed E-state index contributed by atoms with van der Waals surface area (Å²) in [6, 6.07) is 17.5. The van der Waals surface area contributed by atoms with Gasteiger partial charge in [-0.2, -0.15) is 10.2 Å². The number of benzene rings is 2. The summed E-state index contributed by atoms with van der Waals surface area (Å²) in [4.78, 5) is 11.7. The molecule has 2 heterocycles. The normalized spacial score (nSPS) is 18.7. The second-order valence-corrected chi connectivity index (χ2v) is 7.96. The number of carbonyl (C=O) groups is 1. The number of amides is 1. The number of hydrogen-bond acceptors (Lipinski definition) is 3. The highest BCUT2D eigenvalue weighted by Gasteiger charge is 2.28. The molecule has 1 aliphatic carbocycles. The third-order valence-corrected chi connectivity index (χ3v) is 6.08. The SMILES string of the molecule is CCC(=O)N[C@H]1CCC(n2nccc2-c2ccc(-c3cccc4[nH]ncc34)cc2)C1. The van der Waals surface area contributed by atoms with Crippen LogP contribution in [0.2, 0.25) is 0 Å². The Morgan fingerprint density at radius 1 is 1.13 bits per heavy atom. The lowest BCUT2D eigenvalue weighted by Crippen LogP contribution is -2.32. The van der Waals surface area contributed by atoms with Gasteiger partial charge in [0.25, 0.3) is 0 Å². The van der Waals surface area contributed by atoms with Gasteiger partial charge in [0, 0.05) is 24.0 Å². The Bertz CT molecular complexity index is 1170. The van der Waals surface area contributed by atoms with E-state index in [0.717, 1.165) is 41.4 Å². The molecule has 0 spiro atoms. The summed E-state index contributed by atoms with van der Waals surface area (Å²) in [7, 11) is 0. The van der Waals surface area contributed by atoms with E-state index in [1.165, 1.54) is 11.1 Å². The van der Waals surface area contributed by atoms with Crippen LogP contribution in [-0.4, -0.2) is 31.9 Å². The zero-order valence-corrected chi connectivity index (χ0v) is 17.0. The Hall–Kier alpha value is -3.41. The first-order valence-electron chi connectivity index (χ1n) is 10.6. The number of aromatic nitrogens is 4. The van der Waals surface area contributed by atoms with Gasteiger partial charge in [-0.25, -0.2) is 0 Å². The number of fused-ring (bicyclic) bond motifs is 1. The summed E-state index contributed by atoms with van der Waals surface area (Å²) in [6.45, 7) is 1.89. The Morgan fingerprint density at radius 3 is 2.80 bits per heavy atom. The van der Waals surface area contributed by atoms with Crippen LogP contribution < -0.4 is 5.32 Å². The van der Waals surface area contributed by atoms with E-state index >= 15 is 0 Å². The van der Waals surface area contributed by atoms with Gasteiger partial charge >= 0.3 is 0 Å². The molecule has 0 aliphatic heterocycles. The second-order valence-electron chi connectivity index (χ2n) is 7.96. The van der Waals surface area contributed by atoms with Crippen molar-refractivity contribution in [3.8, 4) is 22.4 Å². The molecule has 0 saturated heterocycles. The van der Waals surface area contributed by atoms with Gasteiger partial charge in [0.1, 0.15) is 0 Å². The van der Waals surface area contributed by atoms with Crippen LogP contribution in [0.4, 0.5) is 0 Å². The third-order valence-electron chi connectivity index (χ3n) is 6.08. The van der Waals surface area contributed by atoms with Crippen LogP contribution in [0.5, 0.6) is 0 Å². The largest absolute Gasteiger partial charge is 0.353 e. The van der Waals surface area contributed by atoms with E-state index in [1.807, 2.05) is 31.5 Å². The van der Waals surface area contributed by atoms with Crippen molar-refractivity contribution < 1.29 is 4.79 Å². The van der Waals surface area contributed by atoms with Crippen LogP contribution in [0.1, 0.15) is 38.6 Å². The molecule has 0 radical (unpaired) electrons. The molecule has 6 nitrogen and oxygen atoms in total. The van der Waals surface area contributed by atoms with Crippen molar-refractivity contribution >= 4 is 16.8 Å². The Labute approximate surface area is 175 Å². The molecular weight excluding hydrogens is 374 g/mol. The summed E-state index contributed by atoms with van der Waals surface area (Å²) < 4.78 is 2.13. The quantitative estimate of drug-likeness (QED) is 0.510. The van der Waals surface area contributed by atoms with Gasteiger partial charge in [-0.3, -0.25) is 14.6 Å². The number of carbonyl (C=O) groups excluding carboxylic acids is 1. The van der Waals surface area contributed by atoms with Crippen LogP contribution in [0.15, 0.2) is 60.9 Å². The average molecular weight is 399 g/mol. The topological polar surface area (TPSA) is 75.6 Å². The van der Waals surface area contributed by atoms with Gasteiger partial charge in [-0.1, -0.05) is 43.3 Å². The fraction of sp³-hybridized carbons (Fsp3) is 0.292. The molecule has 0 bridgehead atoms. The summed E-state index contributed by atoms with van der Waals surface area (Å²) in [5, 5.41) is 16.1. The Balaban J connectivity index is 1.38. The van der Waals surface area contributed by atoms with Gasteiger partial charge in [0.2, 0.25) is 5.91 Å². The highest BCUT2D eigenvalue weighted by Crippen LogP contribution is 2.34. The van der Waals surface area contributed by atoms with Gasteiger partial charge < -0.3 is 5.32 Å². The van der Waals surface area contributed by atoms with Crippen molar-refractivity contribution in [3.05, 3.63) is 60.9 Å². The first-order chi connectivity index (χ1) is 14.7. The first kappa shape index (κ1) is 18.6. The zero-order valence-electron chi connectivity index (χ0n) is 17.0. The van der Waals surface area contributed by atoms with Crippen molar-refractivity contribution in [3.63, 3.8) is 0 Å². The van der Waals surface area contributed by atoms with Crippen LogP contribution >= 0.6 is 0 Å². The molecule has 1 saturated carbocycles. The summed E-state index contributed by atoms with van der Waals surface area (Å²) in [5.41, 5.74) is 5.65. The molecule has 1 fully saturated rings. The fourth-order valence-electron chi connectivity index (χ4n) is 4.51. The van der Waals surface area contributed by atoms with Crippen molar-refractivity contribution in [2.24, 2.45) is 0 Å². The molecular formula is C24H25N5O. The van der Waals surface area contributed by atoms with Crippen LogP contribution in [0.3, 0.4) is 0 Å². The van der Waals surface area contributed by atoms with Gasteiger partial charge in [0.15, 0.2) is 0 Å². The van der Waals surface area contributed by atoms with Gasteiger partial charge in [0.05, 0.1) is 23.4 Å². The van der Waals surface area contributed by atoms with E-state index in [1.54, 1.807) is 0 Å². The molecule has 30 heavy (non-hydrogen) atoms. The molecule has 2 aromatic carbocycles. The van der Waals surface area contributed by atoms with E-state index in [0.29, 0.717) is 12.5 Å². The monoisotopic (exact) mass is 399 g/mol. The molecule has 152 valence electrons. The van der Waals surface area contributed by atoms with E-state index in [2.05, 4.69) is 61.7 Å². The maximum absolute atomic E-state index is 11.7. The first-order valence-corrected chi connectivity index (χ1v) is 10.6. The van der Waals surface area contributed by atoms with E-state index in [9.17, 15) is 4.79 Å². The molecule has 1 amide bonds. The standard InChI is InChI=1S/C24H25N5O/c1-2-24(30)27-18-10-11-19(14-18)29-23(12-13-26-29)17-8-6-16(7-9-17)20-4-3-5-22-21(20)15-25-28-22/h3-9,12-13,15,18-19H,2,10-11,14H2,1H3,(H,25,28)(H,27,30)/t18-,19?/m0/s1.